The lowest BCUT2D eigenvalue weighted by atomic mass is 10.2. The van der Waals surface area contributed by atoms with E-state index in [0.717, 1.165) is 16.9 Å². The summed E-state index contributed by atoms with van der Waals surface area (Å²) in [5.74, 6) is 1.28. The summed E-state index contributed by atoms with van der Waals surface area (Å²) in [7, 11) is 0. The number of hydrogen-bond donors (Lipinski definition) is 0. The second kappa shape index (κ2) is 5.46. The Balaban J connectivity index is 2.24. The molecule has 2 aromatic heterocycles. The first kappa shape index (κ1) is 14.9. The molecule has 5 nitrogen and oxygen atoms in total. The lowest BCUT2D eigenvalue weighted by molar-refractivity contribution is 0.917. The summed E-state index contributed by atoms with van der Waals surface area (Å²) in [6.07, 6.45) is 0.713. The topological polar surface area (TPSA) is 52.2 Å². The Hall–Kier alpha value is -2.66. The molecule has 0 radical (unpaired) electrons. The van der Waals surface area contributed by atoms with Crippen LogP contribution < -0.4 is 5.56 Å². The molecular formula is C18H15ClN4O. The van der Waals surface area contributed by atoms with Crippen LogP contribution in [0.2, 0.25) is 5.02 Å². The molecule has 6 heteroatoms. The van der Waals surface area contributed by atoms with Crippen molar-refractivity contribution in [2.24, 2.45) is 0 Å². The molecule has 2 aromatic carbocycles. The minimum atomic E-state index is -0.154. The van der Waals surface area contributed by atoms with Crippen LogP contribution in [0.15, 0.2) is 47.3 Å². The van der Waals surface area contributed by atoms with Gasteiger partial charge in [-0.05, 0) is 36.8 Å². The van der Waals surface area contributed by atoms with Crippen molar-refractivity contribution in [1.29, 1.82) is 0 Å². The lowest BCUT2D eigenvalue weighted by Gasteiger charge is -2.12. The minimum Gasteiger partial charge on any atom is -0.268 e. The Morgan fingerprint density at radius 3 is 2.67 bits per heavy atom. The molecule has 0 fully saturated rings. The summed E-state index contributed by atoms with van der Waals surface area (Å²) in [6, 6.07) is 13.1. The molecule has 0 amide bonds. The van der Waals surface area contributed by atoms with E-state index in [4.69, 9.17) is 11.6 Å². The van der Waals surface area contributed by atoms with Crippen molar-refractivity contribution in [2.45, 2.75) is 20.3 Å². The Bertz CT molecular complexity index is 1140. The molecule has 0 atom stereocenters. The average Bonchev–Trinajstić information content (AvgIpc) is 3.00. The predicted molar refractivity (Wildman–Crippen MR) is 95.2 cm³/mol. The molecule has 0 saturated carbocycles. The first-order valence-corrected chi connectivity index (χ1v) is 8.14. The zero-order valence-electron chi connectivity index (χ0n) is 13.3. The zero-order chi connectivity index (χ0) is 16.8. The van der Waals surface area contributed by atoms with Gasteiger partial charge in [0.1, 0.15) is 5.82 Å². The van der Waals surface area contributed by atoms with Gasteiger partial charge in [0.25, 0.3) is 5.56 Å². The highest BCUT2D eigenvalue weighted by atomic mass is 35.5. The van der Waals surface area contributed by atoms with Crippen LogP contribution in [0.3, 0.4) is 0 Å². The highest BCUT2D eigenvalue weighted by molar-refractivity contribution is 6.32. The van der Waals surface area contributed by atoms with Crippen molar-refractivity contribution < 1.29 is 0 Å². The third kappa shape index (κ3) is 2.05. The fourth-order valence-electron chi connectivity index (χ4n) is 3.00. The number of rotatable bonds is 2. The maximum Gasteiger partial charge on any atom is 0.267 e. The maximum atomic E-state index is 13.1. The van der Waals surface area contributed by atoms with E-state index in [-0.39, 0.29) is 5.56 Å². The molecule has 2 heterocycles. The van der Waals surface area contributed by atoms with Crippen molar-refractivity contribution in [3.63, 3.8) is 0 Å². The maximum absolute atomic E-state index is 13.1. The fourth-order valence-corrected chi connectivity index (χ4v) is 3.32. The summed E-state index contributed by atoms with van der Waals surface area (Å²) in [5, 5.41) is 9.62. The van der Waals surface area contributed by atoms with Crippen LogP contribution in [0.4, 0.5) is 0 Å². The molecular weight excluding hydrogens is 324 g/mol. The number of hydrogen-bond acceptors (Lipinski definition) is 3. The van der Waals surface area contributed by atoms with Crippen molar-refractivity contribution >= 4 is 28.3 Å². The SMILES string of the molecule is CCc1nnc2n(-c3ccc(C)cc3Cl)c(=O)c3ccccc3n12. The molecule has 0 bridgehead atoms. The molecule has 0 aliphatic heterocycles. The molecule has 24 heavy (non-hydrogen) atoms. The molecule has 120 valence electrons. The monoisotopic (exact) mass is 338 g/mol. The molecule has 4 aromatic rings. The van der Waals surface area contributed by atoms with Gasteiger partial charge in [0, 0.05) is 6.42 Å². The van der Waals surface area contributed by atoms with E-state index in [0.29, 0.717) is 28.3 Å². The molecule has 0 spiro atoms. The van der Waals surface area contributed by atoms with Crippen LogP contribution >= 0.6 is 11.6 Å². The summed E-state index contributed by atoms with van der Waals surface area (Å²) in [6.45, 7) is 3.97. The fraction of sp³-hybridized carbons (Fsp3) is 0.167. The van der Waals surface area contributed by atoms with Crippen molar-refractivity contribution in [2.75, 3.05) is 0 Å². The number of benzene rings is 2. The number of halogens is 1. The summed E-state index contributed by atoms with van der Waals surface area (Å²) in [5.41, 5.74) is 2.29. The number of aromatic nitrogens is 4. The molecule has 0 N–H and O–H groups in total. The number of nitrogens with zero attached hydrogens (tertiary/aromatic N) is 4. The van der Waals surface area contributed by atoms with Gasteiger partial charge in [-0.2, -0.15) is 0 Å². The van der Waals surface area contributed by atoms with Crippen molar-refractivity contribution in [1.82, 2.24) is 19.2 Å². The van der Waals surface area contributed by atoms with Crippen molar-refractivity contribution in [3.05, 3.63) is 69.2 Å². The number of fused-ring (bicyclic) bond motifs is 3. The number of para-hydroxylation sites is 1. The van der Waals surface area contributed by atoms with Gasteiger partial charge in [0.15, 0.2) is 0 Å². The highest BCUT2D eigenvalue weighted by Crippen LogP contribution is 2.24. The van der Waals surface area contributed by atoms with Crippen LogP contribution in [0.1, 0.15) is 18.3 Å². The zero-order valence-corrected chi connectivity index (χ0v) is 14.1. The molecule has 0 aliphatic carbocycles. The largest absolute Gasteiger partial charge is 0.268 e. The van der Waals surface area contributed by atoms with Gasteiger partial charge < -0.3 is 0 Å². The number of aryl methyl sites for hydroxylation is 2. The molecule has 0 aliphatic rings. The Morgan fingerprint density at radius 2 is 1.92 bits per heavy atom. The summed E-state index contributed by atoms with van der Waals surface area (Å²) >= 11 is 6.41. The first-order chi connectivity index (χ1) is 11.6. The second-order valence-corrected chi connectivity index (χ2v) is 6.12. The van der Waals surface area contributed by atoms with Gasteiger partial charge >= 0.3 is 0 Å². The van der Waals surface area contributed by atoms with Crippen LogP contribution in [-0.4, -0.2) is 19.2 Å². The Morgan fingerprint density at radius 1 is 1.12 bits per heavy atom. The smallest absolute Gasteiger partial charge is 0.267 e. The third-order valence-electron chi connectivity index (χ3n) is 4.15. The highest BCUT2D eigenvalue weighted by Gasteiger charge is 2.18. The van der Waals surface area contributed by atoms with E-state index in [9.17, 15) is 4.79 Å². The van der Waals surface area contributed by atoms with E-state index in [2.05, 4.69) is 10.2 Å². The lowest BCUT2D eigenvalue weighted by Crippen LogP contribution is -2.22. The molecule has 0 unspecified atom stereocenters. The van der Waals surface area contributed by atoms with Gasteiger partial charge in [-0.1, -0.05) is 36.7 Å². The van der Waals surface area contributed by atoms with Crippen molar-refractivity contribution in [3.8, 4) is 5.69 Å². The summed E-state index contributed by atoms with van der Waals surface area (Å²) < 4.78 is 3.46. The molecule has 4 rings (SSSR count). The van der Waals surface area contributed by atoms with Gasteiger partial charge in [0.2, 0.25) is 5.78 Å². The van der Waals surface area contributed by atoms with E-state index in [1.807, 2.05) is 60.7 Å². The Labute approximate surface area is 143 Å². The summed E-state index contributed by atoms with van der Waals surface area (Å²) in [4.78, 5) is 13.1. The first-order valence-electron chi connectivity index (χ1n) is 7.76. The van der Waals surface area contributed by atoms with Gasteiger partial charge in [-0.25, -0.2) is 4.57 Å². The van der Waals surface area contributed by atoms with Crippen LogP contribution in [0.5, 0.6) is 0 Å². The molecule has 0 saturated heterocycles. The van der Waals surface area contributed by atoms with E-state index in [1.165, 1.54) is 4.57 Å². The quantitative estimate of drug-likeness (QED) is 0.561. The van der Waals surface area contributed by atoms with Gasteiger partial charge in [-0.15, -0.1) is 10.2 Å². The van der Waals surface area contributed by atoms with E-state index >= 15 is 0 Å². The van der Waals surface area contributed by atoms with E-state index in [1.54, 1.807) is 0 Å². The van der Waals surface area contributed by atoms with Crippen LogP contribution in [0.25, 0.3) is 22.4 Å². The second-order valence-electron chi connectivity index (χ2n) is 5.72. The van der Waals surface area contributed by atoms with Gasteiger partial charge in [-0.3, -0.25) is 9.20 Å². The van der Waals surface area contributed by atoms with E-state index < -0.39 is 0 Å². The average molecular weight is 339 g/mol. The van der Waals surface area contributed by atoms with Crippen LogP contribution in [-0.2, 0) is 6.42 Å². The third-order valence-corrected chi connectivity index (χ3v) is 4.45. The normalized spacial score (nSPS) is 11.5. The van der Waals surface area contributed by atoms with Crippen LogP contribution in [0, 0.1) is 6.92 Å². The standard InChI is InChI=1S/C18H15ClN4O/c1-3-16-20-21-18-22(16)14-7-5-4-6-12(14)17(24)23(18)15-9-8-11(2)10-13(15)19/h4-10H,3H2,1-2H3. The Kier molecular flexibility index (Phi) is 3.39. The predicted octanol–water partition coefficient (Wildman–Crippen LogP) is 3.56. The minimum absolute atomic E-state index is 0.154. The van der Waals surface area contributed by atoms with Gasteiger partial charge in [0.05, 0.1) is 21.6 Å².